The van der Waals surface area contributed by atoms with E-state index in [4.69, 9.17) is 0 Å². The number of benzene rings is 1. The number of alkyl halides is 3. The summed E-state index contributed by atoms with van der Waals surface area (Å²) in [5.74, 6) is -0.665. The highest BCUT2D eigenvalue weighted by molar-refractivity contribution is 7.92. The number of carbonyl (C=O) groups excluding carboxylic acids is 1. The summed E-state index contributed by atoms with van der Waals surface area (Å²) in [4.78, 5) is 12.7. The lowest BCUT2D eigenvalue weighted by Gasteiger charge is -2.35. The smallest absolute Gasteiger partial charge is 0.348 e. The normalized spacial score (nSPS) is 19.2. The molecule has 1 heterocycles. The van der Waals surface area contributed by atoms with Crippen LogP contribution in [0.2, 0.25) is 0 Å². The van der Waals surface area contributed by atoms with Gasteiger partial charge >= 0.3 is 6.18 Å². The molecular formula is C16H21F3N2O3S. The first-order valence-electron chi connectivity index (χ1n) is 7.86. The fraction of sp³-hybridized carbons (Fsp3) is 0.562. The molecule has 9 heteroatoms. The zero-order valence-corrected chi connectivity index (χ0v) is 14.8. The van der Waals surface area contributed by atoms with Crippen molar-refractivity contribution in [3.8, 4) is 0 Å². The molecule has 1 aliphatic heterocycles. The minimum absolute atomic E-state index is 0.132. The predicted octanol–water partition coefficient (Wildman–Crippen LogP) is 2.05. The Bertz CT molecular complexity index is 741. The standard InChI is InChI=1S/C16H21F3N2O3S/c1-11(12-4-3-5-13(10-12)16(17,18)19)21-14(22)15(25(2,23)24)6-8-20-9-7-15/h3-5,10-11,20H,6-9H2,1-2H3,(H,21,22). The molecule has 0 aromatic heterocycles. The summed E-state index contributed by atoms with van der Waals surface area (Å²) < 4.78 is 61.4. The van der Waals surface area contributed by atoms with Crippen LogP contribution in [0.3, 0.4) is 0 Å². The Morgan fingerprint density at radius 3 is 2.40 bits per heavy atom. The number of hydrogen-bond donors (Lipinski definition) is 2. The molecule has 0 saturated carbocycles. The molecule has 1 atom stereocenters. The van der Waals surface area contributed by atoms with E-state index >= 15 is 0 Å². The van der Waals surface area contributed by atoms with Gasteiger partial charge in [0, 0.05) is 6.26 Å². The monoisotopic (exact) mass is 378 g/mol. The van der Waals surface area contributed by atoms with Gasteiger partial charge in [0.2, 0.25) is 5.91 Å². The third-order valence-electron chi connectivity index (χ3n) is 4.60. The van der Waals surface area contributed by atoms with Gasteiger partial charge in [-0.15, -0.1) is 0 Å². The van der Waals surface area contributed by atoms with Gasteiger partial charge in [-0.2, -0.15) is 13.2 Å². The van der Waals surface area contributed by atoms with Gasteiger partial charge in [0.25, 0.3) is 0 Å². The Hall–Kier alpha value is -1.61. The number of nitrogens with one attached hydrogen (secondary N) is 2. The van der Waals surface area contributed by atoms with Crippen molar-refractivity contribution < 1.29 is 26.4 Å². The zero-order chi connectivity index (χ0) is 18.9. The van der Waals surface area contributed by atoms with Crippen molar-refractivity contribution in [1.29, 1.82) is 0 Å². The lowest BCUT2D eigenvalue weighted by atomic mass is 9.95. The minimum Gasteiger partial charge on any atom is -0.348 e. The zero-order valence-electron chi connectivity index (χ0n) is 14.0. The molecule has 1 amide bonds. The highest BCUT2D eigenvalue weighted by atomic mass is 32.2. The maximum atomic E-state index is 12.8. The average molecular weight is 378 g/mol. The van der Waals surface area contributed by atoms with Crippen molar-refractivity contribution >= 4 is 15.7 Å². The van der Waals surface area contributed by atoms with E-state index in [0.717, 1.165) is 18.4 Å². The minimum atomic E-state index is -4.48. The average Bonchev–Trinajstić information content (AvgIpc) is 2.53. The summed E-state index contributed by atoms with van der Waals surface area (Å²) in [5.41, 5.74) is -0.549. The van der Waals surface area contributed by atoms with Crippen LogP contribution >= 0.6 is 0 Å². The number of piperidine rings is 1. The van der Waals surface area contributed by atoms with E-state index in [1.54, 1.807) is 0 Å². The SMILES string of the molecule is CC(NC(=O)C1(S(C)(=O)=O)CCNCC1)c1cccc(C(F)(F)F)c1. The molecule has 1 aromatic rings. The molecule has 1 saturated heterocycles. The maximum absolute atomic E-state index is 12.8. The first-order valence-corrected chi connectivity index (χ1v) is 9.75. The molecule has 0 radical (unpaired) electrons. The highest BCUT2D eigenvalue weighted by Gasteiger charge is 2.48. The number of sulfone groups is 1. The van der Waals surface area contributed by atoms with E-state index in [1.807, 2.05) is 0 Å². The van der Waals surface area contributed by atoms with E-state index < -0.39 is 38.3 Å². The van der Waals surface area contributed by atoms with Gasteiger partial charge in [0.05, 0.1) is 11.6 Å². The lowest BCUT2D eigenvalue weighted by molar-refractivity contribution is -0.137. The second kappa shape index (κ2) is 6.95. The summed E-state index contributed by atoms with van der Waals surface area (Å²) in [7, 11) is -3.68. The second-order valence-electron chi connectivity index (χ2n) is 6.33. The Morgan fingerprint density at radius 2 is 1.88 bits per heavy atom. The van der Waals surface area contributed by atoms with Crippen molar-refractivity contribution in [2.75, 3.05) is 19.3 Å². The highest BCUT2D eigenvalue weighted by Crippen LogP contribution is 2.32. The van der Waals surface area contributed by atoms with Crippen molar-refractivity contribution in [1.82, 2.24) is 10.6 Å². The van der Waals surface area contributed by atoms with Gasteiger partial charge in [-0.3, -0.25) is 4.79 Å². The van der Waals surface area contributed by atoms with E-state index in [-0.39, 0.29) is 18.4 Å². The van der Waals surface area contributed by atoms with Crippen LogP contribution in [0.5, 0.6) is 0 Å². The Kier molecular flexibility index (Phi) is 5.48. The topological polar surface area (TPSA) is 75.3 Å². The van der Waals surface area contributed by atoms with Crippen LogP contribution in [0.1, 0.15) is 36.9 Å². The van der Waals surface area contributed by atoms with Crippen molar-refractivity contribution in [2.24, 2.45) is 0 Å². The molecule has 1 fully saturated rings. The predicted molar refractivity (Wildman–Crippen MR) is 87.7 cm³/mol. The van der Waals surface area contributed by atoms with Crippen molar-refractivity contribution in [3.63, 3.8) is 0 Å². The van der Waals surface area contributed by atoms with E-state index in [1.165, 1.54) is 19.1 Å². The molecule has 2 rings (SSSR count). The number of hydrogen-bond acceptors (Lipinski definition) is 4. The first-order chi connectivity index (χ1) is 11.5. The molecule has 0 aliphatic carbocycles. The fourth-order valence-corrected chi connectivity index (χ4v) is 4.33. The van der Waals surface area contributed by atoms with E-state index in [2.05, 4.69) is 10.6 Å². The van der Waals surface area contributed by atoms with Gasteiger partial charge in [-0.25, -0.2) is 8.42 Å². The maximum Gasteiger partial charge on any atom is 0.416 e. The second-order valence-corrected chi connectivity index (χ2v) is 8.66. The molecule has 0 spiro atoms. The molecule has 0 bridgehead atoms. The van der Waals surface area contributed by atoms with Gasteiger partial charge in [0.1, 0.15) is 0 Å². The van der Waals surface area contributed by atoms with Crippen molar-refractivity contribution in [2.45, 2.75) is 36.7 Å². The molecular weight excluding hydrogens is 357 g/mol. The van der Waals surface area contributed by atoms with E-state index in [0.29, 0.717) is 13.1 Å². The fourth-order valence-electron chi connectivity index (χ4n) is 2.99. The van der Waals surface area contributed by atoms with Crippen LogP contribution in [0.15, 0.2) is 24.3 Å². The Morgan fingerprint density at radius 1 is 1.28 bits per heavy atom. The quantitative estimate of drug-likeness (QED) is 0.841. The molecule has 140 valence electrons. The Labute approximate surface area is 144 Å². The van der Waals surface area contributed by atoms with Crippen LogP contribution in [0, 0.1) is 0 Å². The Balaban J connectivity index is 2.24. The summed E-state index contributed by atoms with van der Waals surface area (Å²) >= 11 is 0. The van der Waals surface area contributed by atoms with Crippen LogP contribution in [0.25, 0.3) is 0 Å². The van der Waals surface area contributed by atoms with Gasteiger partial charge in [-0.05, 0) is 50.6 Å². The summed E-state index contributed by atoms with van der Waals surface area (Å²) in [6, 6.07) is 3.89. The van der Waals surface area contributed by atoms with Gasteiger partial charge in [0.15, 0.2) is 14.6 Å². The largest absolute Gasteiger partial charge is 0.416 e. The van der Waals surface area contributed by atoms with Crippen molar-refractivity contribution in [3.05, 3.63) is 35.4 Å². The van der Waals surface area contributed by atoms with Crippen LogP contribution in [-0.4, -0.2) is 38.4 Å². The van der Waals surface area contributed by atoms with Crippen LogP contribution in [0.4, 0.5) is 13.2 Å². The molecule has 5 nitrogen and oxygen atoms in total. The molecule has 1 unspecified atom stereocenters. The molecule has 25 heavy (non-hydrogen) atoms. The van der Waals surface area contributed by atoms with Gasteiger partial charge in [-0.1, -0.05) is 12.1 Å². The third-order valence-corrected chi connectivity index (χ3v) is 6.61. The summed E-state index contributed by atoms with van der Waals surface area (Å²) in [6.45, 7) is 2.31. The number of amides is 1. The molecule has 2 N–H and O–H groups in total. The lowest BCUT2D eigenvalue weighted by Crippen LogP contribution is -2.57. The number of halogens is 3. The first kappa shape index (κ1) is 19.7. The van der Waals surface area contributed by atoms with Crippen LogP contribution in [-0.2, 0) is 20.8 Å². The molecule has 1 aromatic carbocycles. The summed E-state index contributed by atoms with van der Waals surface area (Å²) in [5, 5.41) is 5.58. The number of rotatable bonds is 4. The van der Waals surface area contributed by atoms with E-state index in [9.17, 15) is 26.4 Å². The summed E-state index contributed by atoms with van der Waals surface area (Å²) in [6.07, 6.45) is -3.20. The van der Waals surface area contributed by atoms with Crippen LogP contribution < -0.4 is 10.6 Å². The third kappa shape index (κ3) is 4.14. The molecule has 1 aliphatic rings. The van der Waals surface area contributed by atoms with Gasteiger partial charge < -0.3 is 10.6 Å². The number of carbonyl (C=O) groups is 1.